The molecule has 3 rings (SSSR count). The zero-order valence-corrected chi connectivity index (χ0v) is 11.7. The molecule has 0 fully saturated rings. The molecule has 1 unspecified atom stereocenters. The SMILES string of the molecule is CC1(/C=C/c2ccccc2)C(=O)CCc2ccccc21. The molecule has 1 heteroatoms. The molecule has 20 heavy (non-hydrogen) atoms. The van der Waals surface area contributed by atoms with Crippen molar-refractivity contribution in [2.45, 2.75) is 25.2 Å². The summed E-state index contributed by atoms with van der Waals surface area (Å²) in [4.78, 5) is 12.4. The lowest BCUT2D eigenvalue weighted by Crippen LogP contribution is -2.35. The largest absolute Gasteiger partial charge is 0.298 e. The first-order valence-electron chi connectivity index (χ1n) is 7.06. The van der Waals surface area contributed by atoms with Gasteiger partial charge in [-0.1, -0.05) is 66.7 Å². The third-order valence-corrected chi connectivity index (χ3v) is 4.19. The summed E-state index contributed by atoms with van der Waals surface area (Å²) in [6.07, 6.45) is 5.61. The Bertz CT molecular complexity index is 654. The van der Waals surface area contributed by atoms with Crippen molar-refractivity contribution in [2.75, 3.05) is 0 Å². The van der Waals surface area contributed by atoms with E-state index in [4.69, 9.17) is 0 Å². The average molecular weight is 262 g/mol. The van der Waals surface area contributed by atoms with Crippen LogP contribution in [-0.4, -0.2) is 5.78 Å². The number of hydrogen-bond donors (Lipinski definition) is 0. The van der Waals surface area contributed by atoms with Gasteiger partial charge in [0.15, 0.2) is 0 Å². The fourth-order valence-electron chi connectivity index (χ4n) is 2.91. The molecule has 0 radical (unpaired) electrons. The predicted octanol–water partition coefficient (Wildman–Crippen LogP) is 4.17. The number of carbonyl (C=O) groups is 1. The predicted molar refractivity (Wildman–Crippen MR) is 82.6 cm³/mol. The van der Waals surface area contributed by atoms with Crippen LogP contribution in [0.3, 0.4) is 0 Å². The molecule has 100 valence electrons. The van der Waals surface area contributed by atoms with Crippen molar-refractivity contribution in [3.05, 3.63) is 77.4 Å². The summed E-state index contributed by atoms with van der Waals surface area (Å²) < 4.78 is 0. The van der Waals surface area contributed by atoms with Crippen molar-refractivity contribution in [1.29, 1.82) is 0 Å². The molecule has 2 aromatic rings. The average Bonchev–Trinajstić information content (AvgIpc) is 2.51. The minimum atomic E-state index is -0.495. The fourth-order valence-corrected chi connectivity index (χ4v) is 2.91. The molecule has 0 aliphatic heterocycles. The van der Waals surface area contributed by atoms with Gasteiger partial charge in [0, 0.05) is 6.42 Å². The lowest BCUT2D eigenvalue weighted by atomic mass is 9.70. The van der Waals surface area contributed by atoms with Crippen molar-refractivity contribution >= 4 is 11.9 Å². The summed E-state index contributed by atoms with van der Waals surface area (Å²) in [6, 6.07) is 18.4. The third-order valence-electron chi connectivity index (χ3n) is 4.19. The molecule has 0 heterocycles. The molecule has 0 N–H and O–H groups in total. The Morgan fingerprint density at radius 3 is 2.45 bits per heavy atom. The van der Waals surface area contributed by atoms with Crippen LogP contribution < -0.4 is 0 Å². The minimum Gasteiger partial charge on any atom is -0.298 e. The van der Waals surface area contributed by atoms with E-state index < -0.39 is 5.41 Å². The number of Topliss-reactive ketones (excluding diaryl/α,β-unsaturated/α-hetero) is 1. The Kier molecular flexibility index (Phi) is 3.27. The van der Waals surface area contributed by atoms with Crippen molar-refractivity contribution < 1.29 is 4.79 Å². The maximum Gasteiger partial charge on any atom is 0.147 e. The van der Waals surface area contributed by atoms with Crippen LogP contribution in [0.25, 0.3) is 6.08 Å². The lowest BCUT2D eigenvalue weighted by Gasteiger charge is -2.32. The van der Waals surface area contributed by atoms with E-state index in [1.165, 1.54) is 5.56 Å². The monoisotopic (exact) mass is 262 g/mol. The fraction of sp³-hybridized carbons (Fsp3) is 0.211. The number of ketones is 1. The van der Waals surface area contributed by atoms with E-state index in [0.29, 0.717) is 12.2 Å². The van der Waals surface area contributed by atoms with Crippen molar-refractivity contribution in [3.63, 3.8) is 0 Å². The topological polar surface area (TPSA) is 17.1 Å². The zero-order chi connectivity index (χ0) is 14.0. The molecule has 1 aliphatic rings. The molecule has 0 spiro atoms. The summed E-state index contributed by atoms with van der Waals surface area (Å²) in [7, 11) is 0. The summed E-state index contributed by atoms with van der Waals surface area (Å²) in [6.45, 7) is 2.03. The van der Waals surface area contributed by atoms with E-state index in [9.17, 15) is 4.79 Å². The minimum absolute atomic E-state index is 0.309. The molecule has 1 nitrogen and oxygen atoms in total. The van der Waals surface area contributed by atoms with Crippen LogP contribution in [0.15, 0.2) is 60.7 Å². The van der Waals surface area contributed by atoms with E-state index in [0.717, 1.165) is 17.5 Å². The van der Waals surface area contributed by atoms with E-state index in [1.54, 1.807) is 0 Å². The van der Waals surface area contributed by atoms with Crippen LogP contribution in [-0.2, 0) is 16.6 Å². The third kappa shape index (κ3) is 2.20. The molecule has 1 aliphatic carbocycles. The highest BCUT2D eigenvalue weighted by Gasteiger charge is 2.36. The second-order valence-corrected chi connectivity index (χ2v) is 5.53. The van der Waals surface area contributed by atoms with Crippen molar-refractivity contribution in [1.82, 2.24) is 0 Å². The number of fused-ring (bicyclic) bond motifs is 1. The van der Waals surface area contributed by atoms with Gasteiger partial charge in [0.1, 0.15) is 5.78 Å². The highest BCUT2D eigenvalue weighted by Crippen LogP contribution is 2.36. The van der Waals surface area contributed by atoms with E-state index in [-0.39, 0.29) is 0 Å². The van der Waals surface area contributed by atoms with Gasteiger partial charge in [-0.25, -0.2) is 0 Å². The highest BCUT2D eigenvalue weighted by molar-refractivity contribution is 5.94. The smallest absolute Gasteiger partial charge is 0.147 e. The number of carbonyl (C=O) groups excluding carboxylic acids is 1. The van der Waals surface area contributed by atoms with Crippen LogP contribution >= 0.6 is 0 Å². The first-order chi connectivity index (χ1) is 9.70. The molecule has 0 aromatic heterocycles. The molecule has 1 atom stereocenters. The molecule has 2 aromatic carbocycles. The molecule has 0 saturated carbocycles. The number of hydrogen-bond acceptors (Lipinski definition) is 1. The number of allylic oxidation sites excluding steroid dienone is 1. The second-order valence-electron chi connectivity index (χ2n) is 5.53. The maximum atomic E-state index is 12.4. The number of aryl methyl sites for hydroxylation is 1. The van der Waals surface area contributed by atoms with Crippen LogP contribution in [0.1, 0.15) is 30.0 Å². The number of rotatable bonds is 2. The Morgan fingerprint density at radius 2 is 1.65 bits per heavy atom. The van der Waals surface area contributed by atoms with E-state index >= 15 is 0 Å². The van der Waals surface area contributed by atoms with Crippen molar-refractivity contribution in [2.24, 2.45) is 0 Å². The van der Waals surface area contributed by atoms with Gasteiger partial charge in [0.25, 0.3) is 0 Å². The first kappa shape index (κ1) is 12.9. The zero-order valence-electron chi connectivity index (χ0n) is 11.7. The Morgan fingerprint density at radius 1 is 0.950 bits per heavy atom. The van der Waals surface area contributed by atoms with Gasteiger partial charge in [0.05, 0.1) is 5.41 Å². The molecular weight excluding hydrogens is 244 g/mol. The van der Waals surface area contributed by atoms with Gasteiger partial charge in [-0.05, 0) is 30.0 Å². The van der Waals surface area contributed by atoms with Gasteiger partial charge in [0.2, 0.25) is 0 Å². The van der Waals surface area contributed by atoms with E-state index in [1.807, 2.05) is 31.2 Å². The molecule has 0 saturated heterocycles. The lowest BCUT2D eigenvalue weighted by molar-refractivity contribution is -0.123. The maximum absolute atomic E-state index is 12.4. The Hall–Kier alpha value is -2.15. The molecule has 0 bridgehead atoms. The first-order valence-corrected chi connectivity index (χ1v) is 7.06. The summed E-state index contributed by atoms with van der Waals surface area (Å²) in [5.41, 5.74) is 3.09. The van der Waals surface area contributed by atoms with Gasteiger partial charge >= 0.3 is 0 Å². The van der Waals surface area contributed by atoms with Crippen LogP contribution in [0.2, 0.25) is 0 Å². The quantitative estimate of drug-likeness (QED) is 0.793. The highest BCUT2D eigenvalue weighted by atomic mass is 16.1. The van der Waals surface area contributed by atoms with Crippen LogP contribution in [0.5, 0.6) is 0 Å². The van der Waals surface area contributed by atoms with Gasteiger partial charge in [-0.3, -0.25) is 4.79 Å². The Labute approximate surface area is 120 Å². The summed E-state index contributed by atoms with van der Waals surface area (Å²) >= 11 is 0. The van der Waals surface area contributed by atoms with Crippen LogP contribution in [0, 0.1) is 0 Å². The number of benzene rings is 2. The normalized spacial score (nSPS) is 21.9. The van der Waals surface area contributed by atoms with Crippen LogP contribution in [0.4, 0.5) is 0 Å². The van der Waals surface area contributed by atoms with Gasteiger partial charge in [-0.15, -0.1) is 0 Å². The standard InChI is InChI=1S/C19H18O/c1-19(14-13-15-7-3-2-4-8-15)17-10-6-5-9-16(17)11-12-18(19)20/h2-10,13-14H,11-12H2,1H3/b14-13+. The van der Waals surface area contributed by atoms with Crippen molar-refractivity contribution in [3.8, 4) is 0 Å². The molecular formula is C19H18O. The summed E-state index contributed by atoms with van der Waals surface area (Å²) in [5, 5.41) is 0. The van der Waals surface area contributed by atoms with Gasteiger partial charge < -0.3 is 0 Å². The van der Waals surface area contributed by atoms with E-state index in [2.05, 4.69) is 42.5 Å². The summed E-state index contributed by atoms with van der Waals surface area (Å²) in [5.74, 6) is 0.309. The Balaban J connectivity index is 2.02. The second kappa shape index (κ2) is 5.09. The molecule has 0 amide bonds. The van der Waals surface area contributed by atoms with Gasteiger partial charge in [-0.2, -0.15) is 0 Å².